The Morgan fingerprint density at radius 2 is 1.85 bits per heavy atom. The summed E-state index contributed by atoms with van der Waals surface area (Å²) in [4.78, 5) is 17.3. The standard InChI is InChI=1S/C20H20FN3OS/c1-14-18(19(25)23-13-16-9-5-6-10-17(16)21)26-20(24-14)22-12-11-15-7-3-2-4-8-15/h2-10H,11-13H2,1H3,(H,22,24)(H,23,25). The zero-order valence-electron chi connectivity index (χ0n) is 14.5. The molecule has 0 aliphatic rings. The predicted molar refractivity (Wildman–Crippen MR) is 103 cm³/mol. The molecule has 1 aromatic heterocycles. The van der Waals surface area contributed by atoms with E-state index in [0.717, 1.165) is 18.1 Å². The molecule has 1 heterocycles. The van der Waals surface area contributed by atoms with E-state index in [1.807, 2.05) is 18.2 Å². The van der Waals surface area contributed by atoms with Crippen molar-refractivity contribution in [2.24, 2.45) is 0 Å². The van der Waals surface area contributed by atoms with Crippen molar-refractivity contribution in [2.45, 2.75) is 19.9 Å². The van der Waals surface area contributed by atoms with E-state index in [0.29, 0.717) is 16.1 Å². The maximum absolute atomic E-state index is 13.6. The molecule has 3 aromatic rings. The predicted octanol–water partition coefficient (Wildman–Crippen LogP) is 4.18. The molecule has 4 nitrogen and oxygen atoms in total. The first-order valence-electron chi connectivity index (χ1n) is 8.40. The number of thiazole rings is 1. The van der Waals surface area contributed by atoms with Gasteiger partial charge in [-0.15, -0.1) is 0 Å². The molecule has 0 aliphatic carbocycles. The van der Waals surface area contributed by atoms with Crippen LogP contribution in [0.4, 0.5) is 9.52 Å². The third-order valence-electron chi connectivity index (χ3n) is 3.93. The van der Waals surface area contributed by atoms with E-state index in [4.69, 9.17) is 0 Å². The molecule has 0 unspecified atom stereocenters. The van der Waals surface area contributed by atoms with Crippen LogP contribution >= 0.6 is 11.3 Å². The number of halogens is 1. The Hall–Kier alpha value is -2.73. The molecule has 0 radical (unpaired) electrons. The van der Waals surface area contributed by atoms with Crippen molar-refractivity contribution in [3.63, 3.8) is 0 Å². The zero-order chi connectivity index (χ0) is 18.4. The van der Waals surface area contributed by atoms with Gasteiger partial charge in [0.2, 0.25) is 0 Å². The van der Waals surface area contributed by atoms with Crippen LogP contribution in [0, 0.1) is 12.7 Å². The maximum atomic E-state index is 13.6. The molecule has 0 saturated carbocycles. The summed E-state index contributed by atoms with van der Waals surface area (Å²) in [6.07, 6.45) is 0.883. The first kappa shape index (κ1) is 18.1. The minimum Gasteiger partial charge on any atom is -0.361 e. The number of aryl methyl sites for hydroxylation is 1. The fraction of sp³-hybridized carbons (Fsp3) is 0.200. The van der Waals surface area contributed by atoms with Crippen LogP contribution in [0.1, 0.15) is 26.5 Å². The van der Waals surface area contributed by atoms with Gasteiger partial charge >= 0.3 is 0 Å². The molecule has 26 heavy (non-hydrogen) atoms. The van der Waals surface area contributed by atoms with Crippen LogP contribution in [-0.4, -0.2) is 17.4 Å². The summed E-state index contributed by atoms with van der Waals surface area (Å²) in [5, 5.41) is 6.73. The number of hydrogen-bond acceptors (Lipinski definition) is 4. The van der Waals surface area contributed by atoms with E-state index in [1.165, 1.54) is 23.0 Å². The second-order valence-corrected chi connectivity index (χ2v) is 6.87. The lowest BCUT2D eigenvalue weighted by molar-refractivity contribution is 0.0954. The quantitative estimate of drug-likeness (QED) is 0.657. The minimum atomic E-state index is -0.322. The van der Waals surface area contributed by atoms with Crippen molar-refractivity contribution < 1.29 is 9.18 Å². The van der Waals surface area contributed by atoms with Gasteiger partial charge in [-0.25, -0.2) is 9.37 Å². The van der Waals surface area contributed by atoms with E-state index in [2.05, 4.69) is 27.8 Å². The number of nitrogens with one attached hydrogen (secondary N) is 2. The molecular weight excluding hydrogens is 349 g/mol. The Morgan fingerprint density at radius 3 is 2.62 bits per heavy atom. The number of benzene rings is 2. The molecule has 0 bridgehead atoms. The van der Waals surface area contributed by atoms with Gasteiger partial charge < -0.3 is 10.6 Å². The summed E-state index contributed by atoms with van der Waals surface area (Å²) < 4.78 is 13.6. The highest BCUT2D eigenvalue weighted by Crippen LogP contribution is 2.22. The van der Waals surface area contributed by atoms with Crippen molar-refractivity contribution in [3.05, 3.63) is 82.1 Å². The van der Waals surface area contributed by atoms with Crippen LogP contribution in [0.15, 0.2) is 54.6 Å². The van der Waals surface area contributed by atoms with Crippen LogP contribution in [0.2, 0.25) is 0 Å². The van der Waals surface area contributed by atoms with Crippen molar-refractivity contribution >= 4 is 22.4 Å². The third kappa shape index (κ3) is 4.67. The van der Waals surface area contributed by atoms with Crippen LogP contribution in [0.25, 0.3) is 0 Å². The normalized spacial score (nSPS) is 10.5. The van der Waals surface area contributed by atoms with Gasteiger partial charge in [0, 0.05) is 18.7 Å². The average molecular weight is 369 g/mol. The number of carbonyl (C=O) groups excluding carboxylic acids is 1. The third-order valence-corrected chi connectivity index (χ3v) is 5.05. The van der Waals surface area contributed by atoms with Gasteiger partial charge in [-0.1, -0.05) is 59.9 Å². The average Bonchev–Trinajstić information content (AvgIpc) is 3.02. The van der Waals surface area contributed by atoms with Gasteiger partial charge in [0.15, 0.2) is 5.13 Å². The van der Waals surface area contributed by atoms with Crippen molar-refractivity contribution in [3.8, 4) is 0 Å². The molecule has 1 amide bonds. The molecule has 0 aliphatic heterocycles. The molecule has 134 valence electrons. The summed E-state index contributed by atoms with van der Waals surface area (Å²) in [6, 6.07) is 16.6. The number of anilines is 1. The highest BCUT2D eigenvalue weighted by molar-refractivity contribution is 7.17. The molecule has 2 N–H and O–H groups in total. The highest BCUT2D eigenvalue weighted by atomic mass is 32.1. The van der Waals surface area contributed by atoms with Gasteiger partial charge in [0.1, 0.15) is 10.7 Å². The fourth-order valence-corrected chi connectivity index (χ4v) is 3.45. The van der Waals surface area contributed by atoms with E-state index >= 15 is 0 Å². The first-order chi connectivity index (χ1) is 12.6. The molecule has 0 fully saturated rings. The van der Waals surface area contributed by atoms with Crippen LogP contribution in [-0.2, 0) is 13.0 Å². The number of aromatic nitrogens is 1. The number of carbonyl (C=O) groups is 1. The van der Waals surface area contributed by atoms with Crippen LogP contribution in [0.5, 0.6) is 0 Å². The maximum Gasteiger partial charge on any atom is 0.263 e. The van der Waals surface area contributed by atoms with Gasteiger partial charge in [-0.3, -0.25) is 4.79 Å². The Bertz CT molecular complexity index is 880. The smallest absolute Gasteiger partial charge is 0.263 e. The lowest BCUT2D eigenvalue weighted by Crippen LogP contribution is -2.23. The molecule has 0 saturated heterocycles. The summed E-state index contributed by atoms with van der Waals surface area (Å²) >= 11 is 1.31. The summed E-state index contributed by atoms with van der Waals surface area (Å²) in [5.41, 5.74) is 2.38. The fourth-order valence-electron chi connectivity index (χ4n) is 2.54. The monoisotopic (exact) mass is 369 g/mol. The van der Waals surface area contributed by atoms with Crippen molar-refractivity contribution in [1.82, 2.24) is 10.3 Å². The summed E-state index contributed by atoms with van der Waals surface area (Å²) in [7, 11) is 0. The summed E-state index contributed by atoms with van der Waals surface area (Å²) in [5.74, 6) is -0.559. The Morgan fingerprint density at radius 1 is 1.12 bits per heavy atom. The van der Waals surface area contributed by atoms with Gasteiger partial charge in [0.25, 0.3) is 5.91 Å². The Balaban J connectivity index is 1.55. The molecule has 6 heteroatoms. The molecular formula is C20H20FN3OS. The van der Waals surface area contributed by atoms with E-state index in [1.54, 1.807) is 25.1 Å². The van der Waals surface area contributed by atoms with E-state index in [-0.39, 0.29) is 18.3 Å². The lowest BCUT2D eigenvalue weighted by atomic mass is 10.2. The molecule has 2 aromatic carbocycles. The molecule has 0 spiro atoms. The Labute approximate surface area is 156 Å². The second-order valence-electron chi connectivity index (χ2n) is 5.87. The van der Waals surface area contributed by atoms with Crippen LogP contribution < -0.4 is 10.6 Å². The van der Waals surface area contributed by atoms with E-state index in [9.17, 15) is 9.18 Å². The topological polar surface area (TPSA) is 54.0 Å². The van der Waals surface area contributed by atoms with Gasteiger partial charge in [-0.2, -0.15) is 0 Å². The largest absolute Gasteiger partial charge is 0.361 e. The van der Waals surface area contributed by atoms with E-state index < -0.39 is 0 Å². The molecule has 3 rings (SSSR count). The van der Waals surface area contributed by atoms with Gasteiger partial charge in [0.05, 0.1) is 5.69 Å². The number of hydrogen-bond donors (Lipinski definition) is 2. The number of nitrogens with zero attached hydrogens (tertiary/aromatic N) is 1. The van der Waals surface area contributed by atoms with Crippen LogP contribution in [0.3, 0.4) is 0 Å². The zero-order valence-corrected chi connectivity index (χ0v) is 15.3. The van der Waals surface area contributed by atoms with Gasteiger partial charge in [-0.05, 0) is 25.0 Å². The highest BCUT2D eigenvalue weighted by Gasteiger charge is 2.15. The SMILES string of the molecule is Cc1nc(NCCc2ccccc2)sc1C(=O)NCc1ccccc1F. The minimum absolute atomic E-state index is 0.152. The summed E-state index contributed by atoms with van der Waals surface area (Å²) in [6.45, 7) is 2.70. The number of amides is 1. The second kappa shape index (κ2) is 8.58. The lowest BCUT2D eigenvalue weighted by Gasteiger charge is -2.05. The first-order valence-corrected chi connectivity index (χ1v) is 9.22. The molecule has 0 atom stereocenters. The number of rotatable bonds is 7. The Kier molecular flexibility index (Phi) is 5.96. The van der Waals surface area contributed by atoms with Crippen molar-refractivity contribution in [1.29, 1.82) is 0 Å². The van der Waals surface area contributed by atoms with Crippen molar-refractivity contribution in [2.75, 3.05) is 11.9 Å².